The minimum atomic E-state index is -0.650. The van der Waals surface area contributed by atoms with E-state index in [1.54, 1.807) is 12.1 Å². The molecular formula is C12H17BrN2O4. The van der Waals surface area contributed by atoms with Crippen LogP contribution in [0.2, 0.25) is 0 Å². The topological polar surface area (TPSA) is 95.5 Å². The Morgan fingerprint density at radius 3 is 2.32 bits per heavy atom. The molecule has 1 aromatic carbocycles. The van der Waals surface area contributed by atoms with Crippen LogP contribution in [0.4, 0.5) is 5.69 Å². The van der Waals surface area contributed by atoms with Gasteiger partial charge >= 0.3 is 5.97 Å². The van der Waals surface area contributed by atoms with Gasteiger partial charge < -0.3 is 10.5 Å². The number of rotatable bonds is 5. The lowest BCUT2D eigenvalue weighted by molar-refractivity contribution is -0.384. The molecule has 0 radical (unpaired) electrons. The molecule has 2 N–H and O–H groups in total. The average molecular weight is 333 g/mol. The van der Waals surface area contributed by atoms with Crippen molar-refractivity contribution in [1.82, 2.24) is 0 Å². The molecule has 0 aliphatic carbocycles. The maximum Gasteiger partial charge on any atom is 0.323 e. The predicted octanol–water partition coefficient (Wildman–Crippen LogP) is 2.20. The maximum absolute atomic E-state index is 11.5. The number of benzene rings is 1. The molecule has 1 atom stereocenters. The molecule has 0 saturated carbocycles. The van der Waals surface area contributed by atoms with Gasteiger partial charge in [-0.2, -0.15) is 0 Å². The van der Waals surface area contributed by atoms with Gasteiger partial charge in [-0.05, 0) is 23.6 Å². The number of carbonyl (C=O) groups excluding carboxylic acids is 1. The van der Waals surface area contributed by atoms with Crippen molar-refractivity contribution in [1.29, 1.82) is 0 Å². The van der Waals surface area contributed by atoms with E-state index in [2.05, 4.69) is 0 Å². The molecule has 0 aliphatic rings. The Bertz CT molecular complexity index is 434. The van der Waals surface area contributed by atoms with E-state index in [9.17, 15) is 14.9 Å². The Hall–Kier alpha value is -1.47. The second kappa shape index (κ2) is 7.85. The van der Waals surface area contributed by atoms with Crippen molar-refractivity contribution in [3.8, 4) is 0 Å². The monoisotopic (exact) mass is 332 g/mol. The van der Waals surface area contributed by atoms with Crippen LogP contribution in [0.15, 0.2) is 24.3 Å². The summed E-state index contributed by atoms with van der Waals surface area (Å²) in [5.41, 5.74) is 6.31. The van der Waals surface area contributed by atoms with Crippen molar-refractivity contribution in [2.75, 3.05) is 0 Å². The molecule has 0 fully saturated rings. The predicted molar refractivity (Wildman–Crippen MR) is 76.0 cm³/mol. The number of hydrogen-bond acceptors (Lipinski definition) is 5. The van der Waals surface area contributed by atoms with Crippen LogP contribution < -0.4 is 5.73 Å². The number of hydrogen-bond donors (Lipinski definition) is 1. The summed E-state index contributed by atoms with van der Waals surface area (Å²) in [6.07, 6.45) is 0. The summed E-state index contributed by atoms with van der Waals surface area (Å²) in [6.45, 7) is 3.73. The molecule has 19 heavy (non-hydrogen) atoms. The van der Waals surface area contributed by atoms with Gasteiger partial charge in [-0.1, -0.05) is 13.8 Å². The fourth-order valence-electron chi connectivity index (χ4n) is 1.24. The van der Waals surface area contributed by atoms with Gasteiger partial charge in [0, 0.05) is 12.1 Å². The molecular weight excluding hydrogens is 316 g/mol. The van der Waals surface area contributed by atoms with E-state index in [-0.39, 0.29) is 35.2 Å². The zero-order chi connectivity index (χ0) is 13.7. The van der Waals surface area contributed by atoms with Crippen LogP contribution in [-0.2, 0) is 16.1 Å². The first-order chi connectivity index (χ1) is 8.41. The summed E-state index contributed by atoms with van der Waals surface area (Å²) in [6, 6.07) is 5.18. The van der Waals surface area contributed by atoms with Crippen molar-refractivity contribution < 1.29 is 14.5 Å². The minimum Gasteiger partial charge on any atom is -0.460 e. The highest BCUT2D eigenvalue weighted by Gasteiger charge is 2.18. The van der Waals surface area contributed by atoms with E-state index in [4.69, 9.17) is 10.5 Å². The number of nitrogens with two attached hydrogens (primary N) is 1. The molecule has 6 nitrogen and oxygen atoms in total. The van der Waals surface area contributed by atoms with Gasteiger partial charge in [0.1, 0.15) is 12.6 Å². The normalized spacial score (nSPS) is 11.6. The summed E-state index contributed by atoms with van der Waals surface area (Å²) in [5, 5.41) is 10.4. The highest BCUT2D eigenvalue weighted by Crippen LogP contribution is 2.13. The summed E-state index contributed by atoms with van der Waals surface area (Å²) in [5.74, 6) is -0.460. The number of nitro groups is 1. The van der Waals surface area contributed by atoms with E-state index in [0.717, 1.165) is 0 Å². The van der Waals surface area contributed by atoms with Crippen molar-refractivity contribution in [3.63, 3.8) is 0 Å². The van der Waals surface area contributed by atoms with Crippen LogP contribution in [0.3, 0.4) is 0 Å². The van der Waals surface area contributed by atoms with Crippen molar-refractivity contribution in [2.24, 2.45) is 11.7 Å². The maximum atomic E-state index is 11.5. The summed E-state index contributed by atoms with van der Waals surface area (Å²) < 4.78 is 5.02. The second-order valence-electron chi connectivity index (χ2n) is 4.30. The Morgan fingerprint density at radius 1 is 1.37 bits per heavy atom. The fraction of sp³-hybridized carbons (Fsp3) is 0.417. The fourth-order valence-corrected chi connectivity index (χ4v) is 1.24. The lowest BCUT2D eigenvalue weighted by atomic mass is 10.1. The first-order valence-electron chi connectivity index (χ1n) is 5.57. The molecule has 1 aromatic rings. The lowest BCUT2D eigenvalue weighted by Crippen LogP contribution is -2.36. The molecule has 0 heterocycles. The van der Waals surface area contributed by atoms with Gasteiger partial charge in [0.2, 0.25) is 0 Å². The molecule has 0 aromatic heterocycles. The van der Waals surface area contributed by atoms with Gasteiger partial charge in [0.05, 0.1) is 4.92 Å². The molecule has 1 unspecified atom stereocenters. The molecule has 0 amide bonds. The summed E-state index contributed by atoms with van der Waals surface area (Å²) >= 11 is 0. The Kier molecular flexibility index (Phi) is 7.25. The number of carbonyl (C=O) groups is 1. The van der Waals surface area contributed by atoms with E-state index >= 15 is 0 Å². The zero-order valence-electron chi connectivity index (χ0n) is 10.7. The number of esters is 1. The first kappa shape index (κ1) is 17.5. The molecule has 7 heteroatoms. The highest BCUT2D eigenvalue weighted by molar-refractivity contribution is 8.93. The third-order valence-electron chi connectivity index (χ3n) is 2.52. The van der Waals surface area contributed by atoms with Crippen molar-refractivity contribution >= 4 is 28.6 Å². The first-order valence-corrected chi connectivity index (χ1v) is 5.57. The number of halogens is 1. The van der Waals surface area contributed by atoms with Gasteiger partial charge in [-0.15, -0.1) is 17.0 Å². The summed E-state index contributed by atoms with van der Waals surface area (Å²) in [4.78, 5) is 21.4. The van der Waals surface area contributed by atoms with Crippen LogP contribution in [0.25, 0.3) is 0 Å². The van der Waals surface area contributed by atoms with E-state index in [1.807, 2.05) is 13.8 Å². The third-order valence-corrected chi connectivity index (χ3v) is 2.52. The van der Waals surface area contributed by atoms with Crippen molar-refractivity contribution in [2.45, 2.75) is 26.5 Å². The molecule has 0 bridgehead atoms. The average Bonchev–Trinajstić information content (AvgIpc) is 2.35. The summed E-state index contributed by atoms with van der Waals surface area (Å²) in [7, 11) is 0. The zero-order valence-corrected chi connectivity index (χ0v) is 12.5. The Labute approximate surface area is 121 Å². The smallest absolute Gasteiger partial charge is 0.323 e. The minimum absolute atomic E-state index is 0. The Balaban J connectivity index is 0.00000324. The molecule has 0 spiro atoms. The molecule has 1 rings (SSSR count). The van der Waals surface area contributed by atoms with Crippen LogP contribution in [0, 0.1) is 16.0 Å². The molecule has 106 valence electrons. The number of nitrogens with zero attached hydrogens (tertiary/aromatic N) is 1. The van der Waals surface area contributed by atoms with Crippen LogP contribution >= 0.6 is 17.0 Å². The van der Waals surface area contributed by atoms with E-state index < -0.39 is 16.9 Å². The van der Waals surface area contributed by atoms with Gasteiger partial charge in [0.25, 0.3) is 5.69 Å². The number of ether oxygens (including phenoxy) is 1. The van der Waals surface area contributed by atoms with E-state index in [1.165, 1.54) is 12.1 Å². The molecule has 0 aliphatic heterocycles. The quantitative estimate of drug-likeness (QED) is 0.506. The van der Waals surface area contributed by atoms with Gasteiger partial charge in [-0.3, -0.25) is 14.9 Å². The highest BCUT2D eigenvalue weighted by atomic mass is 79.9. The van der Waals surface area contributed by atoms with E-state index in [0.29, 0.717) is 5.56 Å². The second-order valence-corrected chi connectivity index (χ2v) is 4.30. The number of nitro benzene ring substituents is 1. The van der Waals surface area contributed by atoms with Gasteiger partial charge in [0.15, 0.2) is 0 Å². The van der Waals surface area contributed by atoms with Crippen LogP contribution in [0.5, 0.6) is 0 Å². The van der Waals surface area contributed by atoms with Crippen LogP contribution in [0.1, 0.15) is 19.4 Å². The standard InChI is InChI=1S/C12H16N2O4.BrH/c1-8(2)11(13)12(15)18-7-9-3-5-10(6-4-9)14(16)17;/h3-6,8,11H,7,13H2,1-2H3;1H. The van der Waals surface area contributed by atoms with Gasteiger partial charge in [-0.25, -0.2) is 0 Å². The SMILES string of the molecule is Br.CC(C)C(N)C(=O)OCc1ccc([N+](=O)[O-])cc1. The number of non-ortho nitro benzene ring substituents is 1. The van der Waals surface area contributed by atoms with Crippen LogP contribution in [-0.4, -0.2) is 16.9 Å². The lowest BCUT2D eigenvalue weighted by Gasteiger charge is -2.14. The Morgan fingerprint density at radius 2 is 1.89 bits per heavy atom. The van der Waals surface area contributed by atoms with Crippen molar-refractivity contribution in [3.05, 3.63) is 39.9 Å². The molecule has 0 saturated heterocycles. The third kappa shape index (κ3) is 5.35. The largest absolute Gasteiger partial charge is 0.460 e.